The molecular weight excluding hydrogens is 350 g/mol. The number of aliphatic imine (C=N–C) groups is 1. The van der Waals surface area contributed by atoms with Crippen LogP contribution in [-0.2, 0) is 0 Å². The zero-order chi connectivity index (χ0) is 19.6. The largest absolute Gasteiger partial charge is 0.470 e. The molecule has 2 aliphatic heterocycles. The van der Waals surface area contributed by atoms with Crippen LogP contribution < -0.4 is 21.5 Å². The number of ether oxygens (including phenoxy) is 1. The van der Waals surface area contributed by atoms with Crippen molar-refractivity contribution in [3.8, 4) is 5.75 Å². The fraction of sp³-hybridized carbons (Fsp3) is 0.412. The Hall–Kier alpha value is -2.98. The summed E-state index contributed by atoms with van der Waals surface area (Å²) in [5, 5.41) is 4.94. The van der Waals surface area contributed by atoms with Crippen LogP contribution in [0.25, 0.3) is 0 Å². The first-order chi connectivity index (χ1) is 13.0. The number of hydrogen-bond donors (Lipinski definition) is 3. The second-order valence-corrected chi connectivity index (χ2v) is 6.32. The summed E-state index contributed by atoms with van der Waals surface area (Å²) >= 11 is 0. The lowest BCUT2D eigenvalue weighted by atomic mass is 10.0. The minimum atomic E-state index is -0.379. The van der Waals surface area contributed by atoms with E-state index in [0.29, 0.717) is 34.8 Å². The van der Waals surface area contributed by atoms with Crippen molar-refractivity contribution in [1.29, 1.82) is 0 Å². The number of hydrogen-bond acceptors (Lipinski definition) is 7. The van der Waals surface area contributed by atoms with Crippen LogP contribution in [0, 0.1) is 6.92 Å². The van der Waals surface area contributed by atoms with Gasteiger partial charge in [-0.2, -0.15) is 10.6 Å². The molecule has 3 rings (SSSR count). The third-order valence-electron chi connectivity index (χ3n) is 4.70. The molecule has 1 aromatic carbocycles. The molecule has 1 saturated heterocycles. The second kappa shape index (κ2) is 7.72. The van der Waals surface area contributed by atoms with Crippen LogP contribution in [0.15, 0.2) is 22.2 Å². The van der Waals surface area contributed by atoms with Gasteiger partial charge >= 0.3 is 0 Å². The van der Waals surface area contributed by atoms with Gasteiger partial charge in [-0.25, -0.2) is 5.01 Å². The molecule has 0 aliphatic carbocycles. The number of carbonyl (C=O) groups excluding carboxylic acids is 2. The maximum absolute atomic E-state index is 13.0. The van der Waals surface area contributed by atoms with Crippen LogP contribution in [0.5, 0.6) is 5.75 Å². The van der Waals surface area contributed by atoms with Crippen molar-refractivity contribution in [1.82, 2.24) is 20.9 Å². The summed E-state index contributed by atoms with van der Waals surface area (Å²) in [6, 6.07) is 3.30. The van der Waals surface area contributed by atoms with Gasteiger partial charge in [0.05, 0.1) is 5.56 Å². The summed E-state index contributed by atoms with van der Waals surface area (Å²) in [6.45, 7) is 5.97. The van der Waals surface area contributed by atoms with Gasteiger partial charge in [-0.3, -0.25) is 25.8 Å². The van der Waals surface area contributed by atoms with E-state index in [0.717, 1.165) is 17.9 Å². The number of aryl methyl sites for hydroxylation is 1. The number of hydrazine groups is 2. The van der Waals surface area contributed by atoms with Gasteiger partial charge in [-0.15, -0.1) is 0 Å². The number of amidine groups is 1. The van der Waals surface area contributed by atoms with E-state index in [2.05, 4.69) is 27.8 Å². The van der Waals surface area contributed by atoms with Crippen LogP contribution in [0.4, 0.5) is 0 Å². The Labute approximate surface area is 157 Å². The summed E-state index contributed by atoms with van der Waals surface area (Å²) in [6.07, 6.45) is 1.43. The zero-order valence-electron chi connectivity index (χ0n) is 15.4. The van der Waals surface area contributed by atoms with Crippen LogP contribution in [0.1, 0.15) is 39.1 Å². The van der Waals surface area contributed by atoms with Gasteiger partial charge in [-0.05, 0) is 31.0 Å². The minimum absolute atomic E-state index is 0.0513. The molecule has 10 heteroatoms. The molecule has 2 heterocycles. The van der Waals surface area contributed by atoms with Crippen LogP contribution >= 0.6 is 0 Å². The maximum atomic E-state index is 13.0. The molecule has 0 radical (unpaired) electrons. The molecular formula is C17H23N7O3. The molecule has 0 aromatic heterocycles. The molecule has 1 atom stereocenters. The molecule has 4 N–H and O–H groups in total. The molecule has 10 nitrogen and oxygen atoms in total. The molecule has 2 aliphatic rings. The number of fused-ring (bicyclic) bond motifs is 2. The van der Waals surface area contributed by atoms with E-state index in [1.807, 2.05) is 0 Å². The number of benzene rings is 1. The van der Waals surface area contributed by atoms with Crippen molar-refractivity contribution in [3.63, 3.8) is 0 Å². The topological polar surface area (TPSA) is 125 Å². The van der Waals surface area contributed by atoms with Crippen LogP contribution in [0.3, 0.4) is 0 Å². The molecule has 2 amide bonds. The van der Waals surface area contributed by atoms with Gasteiger partial charge in [0.25, 0.3) is 11.8 Å². The lowest BCUT2D eigenvalue weighted by molar-refractivity contribution is 0.0292. The van der Waals surface area contributed by atoms with Crippen molar-refractivity contribution in [2.24, 2.45) is 15.9 Å². The van der Waals surface area contributed by atoms with Crippen molar-refractivity contribution >= 4 is 24.4 Å². The number of nitrogens with one attached hydrogen (secondary N) is 2. The van der Waals surface area contributed by atoms with Gasteiger partial charge < -0.3 is 9.64 Å². The van der Waals surface area contributed by atoms with E-state index >= 15 is 0 Å². The van der Waals surface area contributed by atoms with Crippen LogP contribution in [0.2, 0.25) is 0 Å². The fourth-order valence-corrected chi connectivity index (χ4v) is 3.29. The molecule has 0 saturated carbocycles. The first kappa shape index (κ1) is 18.8. The SMILES string of the molecule is C=NN(CC(=NC)NNN)C(=O)c1cc2c(cc1C)C(=O)N1CCCC1O2. The van der Waals surface area contributed by atoms with Gasteiger partial charge in [0, 0.05) is 32.3 Å². The quantitative estimate of drug-likeness (QED) is 0.289. The number of nitrogens with zero attached hydrogens (tertiary/aromatic N) is 4. The van der Waals surface area contributed by atoms with E-state index in [1.165, 1.54) is 0 Å². The van der Waals surface area contributed by atoms with Gasteiger partial charge in [0.1, 0.15) is 18.1 Å². The highest BCUT2D eigenvalue weighted by Crippen LogP contribution is 2.35. The standard InChI is InChI=1S/C17H23N7O3/c1-10-7-12-13(27-15-5-4-6-23(15)16(12)25)8-11(10)17(26)24(20-3)9-14(19-2)21-22-18/h7-8,15,22H,3-6,9,18H2,1-2H3,(H,19,21). The first-order valence-corrected chi connectivity index (χ1v) is 8.58. The van der Waals surface area contributed by atoms with Crippen LogP contribution in [-0.4, -0.2) is 60.6 Å². The summed E-state index contributed by atoms with van der Waals surface area (Å²) in [5.74, 6) is 5.61. The molecule has 0 spiro atoms. The highest BCUT2D eigenvalue weighted by Gasteiger charge is 2.38. The van der Waals surface area contributed by atoms with Gasteiger partial charge in [0.15, 0.2) is 6.23 Å². The third kappa shape index (κ3) is 3.49. The summed E-state index contributed by atoms with van der Waals surface area (Å²) < 4.78 is 5.95. The summed E-state index contributed by atoms with van der Waals surface area (Å²) in [4.78, 5) is 31.3. The van der Waals surface area contributed by atoms with Gasteiger partial charge in [-0.1, -0.05) is 0 Å². The fourth-order valence-electron chi connectivity index (χ4n) is 3.29. The maximum Gasteiger partial charge on any atom is 0.274 e. The number of nitrogens with two attached hydrogens (primary N) is 1. The van der Waals surface area contributed by atoms with Crippen molar-refractivity contribution < 1.29 is 14.3 Å². The Kier molecular flexibility index (Phi) is 5.38. The average Bonchev–Trinajstić information content (AvgIpc) is 3.13. The molecule has 1 fully saturated rings. The highest BCUT2D eigenvalue weighted by atomic mass is 16.5. The van der Waals surface area contributed by atoms with Crippen molar-refractivity contribution in [2.45, 2.75) is 26.0 Å². The summed E-state index contributed by atoms with van der Waals surface area (Å²) in [5.41, 5.74) is 6.40. The smallest absolute Gasteiger partial charge is 0.274 e. The highest BCUT2D eigenvalue weighted by molar-refractivity contribution is 6.03. The second-order valence-electron chi connectivity index (χ2n) is 6.32. The Balaban J connectivity index is 1.89. The normalized spacial score (nSPS) is 18.5. The molecule has 27 heavy (non-hydrogen) atoms. The molecule has 0 bridgehead atoms. The predicted octanol–water partition coefficient (Wildman–Crippen LogP) is 0.00352. The van der Waals surface area contributed by atoms with E-state index in [9.17, 15) is 9.59 Å². The Morgan fingerprint density at radius 3 is 2.96 bits per heavy atom. The molecule has 1 unspecified atom stereocenters. The Bertz CT molecular complexity index is 808. The van der Waals surface area contributed by atoms with Gasteiger partial charge in [0.2, 0.25) is 0 Å². The lowest BCUT2D eigenvalue weighted by Gasteiger charge is -2.32. The van der Waals surface area contributed by atoms with E-state index < -0.39 is 0 Å². The third-order valence-corrected chi connectivity index (χ3v) is 4.70. The Morgan fingerprint density at radius 1 is 1.52 bits per heavy atom. The number of hydrazone groups is 1. The predicted molar refractivity (Wildman–Crippen MR) is 100 cm³/mol. The van der Waals surface area contributed by atoms with E-state index in [-0.39, 0.29) is 24.6 Å². The minimum Gasteiger partial charge on any atom is -0.470 e. The van der Waals surface area contributed by atoms with Crippen molar-refractivity contribution in [3.05, 3.63) is 28.8 Å². The number of carbonyl (C=O) groups is 2. The monoisotopic (exact) mass is 373 g/mol. The average molecular weight is 373 g/mol. The molecule has 144 valence electrons. The first-order valence-electron chi connectivity index (χ1n) is 8.58. The number of amides is 2. The lowest BCUT2D eigenvalue weighted by Crippen LogP contribution is -2.47. The van der Waals surface area contributed by atoms with E-state index in [4.69, 9.17) is 10.6 Å². The summed E-state index contributed by atoms with van der Waals surface area (Å²) in [7, 11) is 1.56. The molecule has 1 aromatic rings. The van der Waals surface area contributed by atoms with Crippen molar-refractivity contribution in [2.75, 3.05) is 20.1 Å². The zero-order valence-corrected chi connectivity index (χ0v) is 15.4. The Morgan fingerprint density at radius 2 is 2.30 bits per heavy atom. The number of rotatable bonds is 5. The van der Waals surface area contributed by atoms with E-state index in [1.54, 1.807) is 31.0 Å².